The summed E-state index contributed by atoms with van der Waals surface area (Å²) in [5.41, 5.74) is 0.774. The average Bonchev–Trinajstić information content (AvgIpc) is 2.56. The minimum atomic E-state index is -0.976. The summed E-state index contributed by atoms with van der Waals surface area (Å²) in [4.78, 5) is 44.1. The van der Waals surface area contributed by atoms with Crippen LogP contribution >= 0.6 is 0 Å². The number of hydrogen-bond donors (Lipinski definition) is 2. The van der Waals surface area contributed by atoms with Crippen LogP contribution in [0, 0.1) is 6.92 Å². The predicted octanol–water partition coefficient (Wildman–Crippen LogP) is 1.39. The number of hydrogen-bond acceptors (Lipinski definition) is 5. The van der Waals surface area contributed by atoms with Gasteiger partial charge in [0.25, 0.3) is 11.5 Å². The van der Waals surface area contributed by atoms with Crippen molar-refractivity contribution in [3.8, 4) is 5.75 Å². The summed E-state index contributed by atoms with van der Waals surface area (Å²) in [6, 6.07) is 5.09. The number of aromatic amines is 1. The molecule has 0 saturated carbocycles. The molecule has 2 heterocycles. The topological polar surface area (TPSA) is 104 Å². The fraction of sp³-hybridized carbons (Fsp3) is 0.333. The number of ether oxygens (including phenoxy) is 1. The summed E-state index contributed by atoms with van der Waals surface area (Å²) in [7, 11) is 1.69. The Balaban J connectivity index is 1.79. The number of nitrogens with zero attached hydrogens (tertiary/aromatic N) is 2. The standard InChI is InChI=1S/C18H20N4O4/c1-10-12(19-9-20-16(10)24)8-15(23)21-11-5-6-13-14(7-11)26-18(2,3)17(25)22(13)4/h5-7,9H,8H2,1-4H3,(H,21,23)(H,19,20,24). The molecular weight excluding hydrogens is 336 g/mol. The van der Waals surface area contributed by atoms with Gasteiger partial charge in [0, 0.05) is 24.4 Å². The van der Waals surface area contributed by atoms with Gasteiger partial charge in [0.1, 0.15) is 5.75 Å². The Morgan fingerprint density at radius 3 is 2.81 bits per heavy atom. The van der Waals surface area contributed by atoms with E-state index in [0.717, 1.165) is 0 Å². The van der Waals surface area contributed by atoms with Crippen LogP contribution in [0.25, 0.3) is 0 Å². The number of H-pyrrole nitrogens is 1. The molecule has 26 heavy (non-hydrogen) atoms. The van der Waals surface area contributed by atoms with Gasteiger partial charge in [-0.15, -0.1) is 0 Å². The fourth-order valence-electron chi connectivity index (χ4n) is 2.82. The Kier molecular flexibility index (Phi) is 4.27. The molecule has 0 aliphatic carbocycles. The highest BCUT2D eigenvalue weighted by Crippen LogP contribution is 2.38. The molecular formula is C18H20N4O4. The predicted molar refractivity (Wildman–Crippen MR) is 96.5 cm³/mol. The van der Waals surface area contributed by atoms with Crippen molar-refractivity contribution in [3.05, 3.63) is 46.1 Å². The van der Waals surface area contributed by atoms with Gasteiger partial charge >= 0.3 is 0 Å². The van der Waals surface area contributed by atoms with E-state index in [-0.39, 0.29) is 23.8 Å². The molecule has 0 spiro atoms. The average molecular weight is 356 g/mol. The molecule has 2 amide bonds. The van der Waals surface area contributed by atoms with E-state index < -0.39 is 5.60 Å². The highest BCUT2D eigenvalue weighted by molar-refractivity contribution is 6.02. The molecule has 2 aromatic rings. The van der Waals surface area contributed by atoms with Crippen LogP contribution in [0.1, 0.15) is 25.1 Å². The van der Waals surface area contributed by atoms with E-state index in [1.807, 2.05) is 0 Å². The van der Waals surface area contributed by atoms with Gasteiger partial charge in [0.2, 0.25) is 5.91 Å². The van der Waals surface area contributed by atoms with E-state index in [4.69, 9.17) is 4.74 Å². The molecule has 3 rings (SSSR count). The van der Waals surface area contributed by atoms with Crippen LogP contribution in [0.3, 0.4) is 0 Å². The van der Waals surface area contributed by atoms with Crippen LogP contribution in [0.4, 0.5) is 11.4 Å². The number of likely N-dealkylation sites (N-methyl/N-ethyl adjacent to an activating group) is 1. The van der Waals surface area contributed by atoms with Crippen molar-refractivity contribution in [1.29, 1.82) is 0 Å². The number of carbonyl (C=O) groups excluding carboxylic acids is 2. The first-order valence-electron chi connectivity index (χ1n) is 8.13. The maximum Gasteiger partial charge on any atom is 0.270 e. The zero-order chi connectivity index (χ0) is 19.1. The largest absolute Gasteiger partial charge is 0.476 e. The zero-order valence-corrected chi connectivity index (χ0v) is 15.0. The number of benzene rings is 1. The van der Waals surface area contributed by atoms with Crippen molar-refractivity contribution >= 4 is 23.2 Å². The van der Waals surface area contributed by atoms with Crippen molar-refractivity contribution in [2.24, 2.45) is 0 Å². The van der Waals surface area contributed by atoms with Gasteiger partial charge in [-0.25, -0.2) is 4.98 Å². The smallest absolute Gasteiger partial charge is 0.270 e. The lowest BCUT2D eigenvalue weighted by Gasteiger charge is -2.37. The van der Waals surface area contributed by atoms with Crippen LogP contribution in [-0.2, 0) is 16.0 Å². The van der Waals surface area contributed by atoms with E-state index in [0.29, 0.717) is 28.4 Å². The van der Waals surface area contributed by atoms with E-state index in [2.05, 4.69) is 15.3 Å². The summed E-state index contributed by atoms with van der Waals surface area (Å²) in [6.07, 6.45) is 1.26. The lowest BCUT2D eigenvalue weighted by atomic mass is 10.0. The molecule has 0 atom stereocenters. The molecule has 8 heteroatoms. The summed E-state index contributed by atoms with van der Waals surface area (Å²) in [5, 5.41) is 2.77. The molecule has 136 valence electrons. The second kappa shape index (κ2) is 6.29. The number of anilines is 2. The van der Waals surface area contributed by atoms with Crippen LogP contribution < -0.4 is 20.5 Å². The first kappa shape index (κ1) is 17.7. The van der Waals surface area contributed by atoms with Crippen LogP contribution in [0.2, 0.25) is 0 Å². The van der Waals surface area contributed by atoms with Crippen LogP contribution in [0.15, 0.2) is 29.3 Å². The Labute approximate surface area is 150 Å². The Hall–Kier alpha value is -3.16. The number of amides is 2. The molecule has 1 aromatic carbocycles. The summed E-state index contributed by atoms with van der Waals surface area (Å²) >= 11 is 0. The van der Waals surface area contributed by atoms with Crippen LogP contribution in [0.5, 0.6) is 5.75 Å². The van der Waals surface area contributed by atoms with E-state index >= 15 is 0 Å². The molecule has 0 saturated heterocycles. The molecule has 1 aromatic heterocycles. The molecule has 0 radical (unpaired) electrons. The maximum atomic E-state index is 12.3. The fourth-order valence-corrected chi connectivity index (χ4v) is 2.82. The third-order valence-electron chi connectivity index (χ3n) is 4.31. The van der Waals surface area contributed by atoms with Gasteiger partial charge in [-0.3, -0.25) is 14.4 Å². The van der Waals surface area contributed by atoms with E-state index in [1.165, 1.54) is 11.2 Å². The minimum absolute atomic E-state index is 0.0163. The maximum absolute atomic E-state index is 12.3. The van der Waals surface area contributed by atoms with Crippen molar-refractivity contribution in [2.75, 3.05) is 17.3 Å². The molecule has 0 bridgehead atoms. The normalized spacial score (nSPS) is 15.2. The van der Waals surface area contributed by atoms with Gasteiger partial charge < -0.3 is 19.9 Å². The summed E-state index contributed by atoms with van der Waals surface area (Å²) in [6.45, 7) is 5.01. The van der Waals surface area contributed by atoms with E-state index in [1.54, 1.807) is 46.0 Å². The Morgan fingerprint density at radius 2 is 2.08 bits per heavy atom. The second-order valence-electron chi connectivity index (χ2n) is 6.69. The summed E-state index contributed by atoms with van der Waals surface area (Å²) < 4.78 is 5.78. The number of fused-ring (bicyclic) bond motifs is 1. The molecule has 2 N–H and O–H groups in total. The molecule has 1 aliphatic heterocycles. The zero-order valence-electron chi connectivity index (χ0n) is 15.0. The Morgan fingerprint density at radius 1 is 1.35 bits per heavy atom. The van der Waals surface area contributed by atoms with Crippen molar-refractivity contribution in [3.63, 3.8) is 0 Å². The molecule has 0 unspecified atom stereocenters. The molecule has 0 fully saturated rings. The van der Waals surface area contributed by atoms with Crippen molar-refractivity contribution < 1.29 is 14.3 Å². The minimum Gasteiger partial charge on any atom is -0.476 e. The molecule has 1 aliphatic rings. The Bertz CT molecular complexity index is 948. The summed E-state index contributed by atoms with van der Waals surface area (Å²) in [5.74, 6) is 0.0728. The highest BCUT2D eigenvalue weighted by atomic mass is 16.5. The van der Waals surface area contributed by atoms with Crippen LogP contribution in [-0.4, -0.2) is 34.4 Å². The first-order chi connectivity index (χ1) is 12.2. The number of rotatable bonds is 3. The second-order valence-corrected chi connectivity index (χ2v) is 6.69. The number of aromatic nitrogens is 2. The molecule has 8 nitrogen and oxygen atoms in total. The SMILES string of the molecule is Cc1c(CC(=O)Nc2ccc3c(c2)OC(C)(C)C(=O)N3C)nc[nH]c1=O. The lowest BCUT2D eigenvalue weighted by Crippen LogP contribution is -2.50. The number of nitrogens with one attached hydrogen (secondary N) is 2. The van der Waals surface area contributed by atoms with Gasteiger partial charge in [0.05, 0.1) is 24.1 Å². The van der Waals surface area contributed by atoms with Gasteiger partial charge in [-0.05, 0) is 32.9 Å². The van der Waals surface area contributed by atoms with Crippen molar-refractivity contribution in [2.45, 2.75) is 32.8 Å². The quantitative estimate of drug-likeness (QED) is 0.865. The van der Waals surface area contributed by atoms with Crippen molar-refractivity contribution in [1.82, 2.24) is 9.97 Å². The monoisotopic (exact) mass is 356 g/mol. The van der Waals surface area contributed by atoms with Gasteiger partial charge in [-0.2, -0.15) is 0 Å². The third-order valence-corrected chi connectivity index (χ3v) is 4.31. The van der Waals surface area contributed by atoms with Gasteiger partial charge in [0.15, 0.2) is 5.60 Å². The van der Waals surface area contributed by atoms with E-state index in [9.17, 15) is 14.4 Å². The lowest BCUT2D eigenvalue weighted by molar-refractivity contribution is -0.132. The number of carbonyl (C=O) groups is 2. The third kappa shape index (κ3) is 3.17. The first-order valence-corrected chi connectivity index (χ1v) is 8.13. The highest BCUT2D eigenvalue weighted by Gasteiger charge is 2.39. The van der Waals surface area contributed by atoms with Gasteiger partial charge in [-0.1, -0.05) is 0 Å².